The number of aryl methyl sites for hydroxylation is 1. The number of H-pyrrole nitrogens is 1. The van der Waals surface area contributed by atoms with Gasteiger partial charge in [0.2, 0.25) is 17.6 Å². The van der Waals surface area contributed by atoms with Gasteiger partial charge < -0.3 is 18.8 Å². The maximum atomic E-state index is 13.1. The molecule has 1 aliphatic rings. The van der Waals surface area contributed by atoms with E-state index in [9.17, 15) is 4.79 Å². The van der Waals surface area contributed by atoms with Crippen molar-refractivity contribution in [1.29, 1.82) is 0 Å². The third kappa shape index (κ3) is 3.31. The molecule has 5 rings (SSSR count). The van der Waals surface area contributed by atoms with Crippen molar-refractivity contribution in [1.82, 2.24) is 30.0 Å². The Kier molecular flexibility index (Phi) is 4.39. The van der Waals surface area contributed by atoms with Gasteiger partial charge in [0, 0.05) is 43.9 Å². The van der Waals surface area contributed by atoms with Gasteiger partial charge in [-0.1, -0.05) is 5.16 Å². The number of carbonyl (C=O) groups excluding carboxylic acids is 1. The lowest BCUT2D eigenvalue weighted by Crippen LogP contribution is -2.40. The Labute approximate surface area is 165 Å². The quantitative estimate of drug-likeness (QED) is 0.557. The van der Waals surface area contributed by atoms with Crippen LogP contribution in [0.1, 0.15) is 35.3 Å². The van der Waals surface area contributed by atoms with E-state index < -0.39 is 0 Å². The molecule has 4 aromatic heterocycles. The molecule has 29 heavy (non-hydrogen) atoms. The maximum Gasteiger partial charge on any atom is 0.238 e. The summed E-state index contributed by atoms with van der Waals surface area (Å²) in [6.45, 7) is 0.614. The zero-order chi connectivity index (χ0) is 19.6. The molecular weight excluding hydrogens is 372 g/mol. The molecule has 0 bridgehead atoms. The van der Waals surface area contributed by atoms with Crippen molar-refractivity contribution in [3.8, 4) is 11.6 Å². The van der Waals surface area contributed by atoms with E-state index >= 15 is 0 Å². The number of fused-ring (bicyclic) bond motifs is 1. The minimum Gasteiger partial charge on any atom is -0.461 e. The van der Waals surface area contributed by atoms with Crippen LogP contribution in [0.3, 0.4) is 0 Å². The summed E-state index contributed by atoms with van der Waals surface area (Å²) in [6, 6.07) is 7.12. The number of hydrogen-bond acceptors (Lipinski definition) is 7. The topological polar surface area (TPSA) is 114 Å². The molecule has 146 valence electrons. The first kappa shape index (κ1) is 17.4. The van der Waals surface area contributed by atoms with Gasteiger partial charge in [0.25, 0.3) is 0 Å². The van der Waals surface area contributed by atoms with Crippen LogP contribution in [0.15, 0.2) is 58.2 Å². The van der Waals surface area contributed by atoms with E-state index in [0.717, 1.165) is 23.4 Å². The van der Waals surface area contributed by atoms with E-state index in [2.05, 4.69) is 25.1 Å². The molecule has 1 N–H and O–H groups in total. The predicted octanol–water partition coefficient (Wildman–Crippen LogP) is 2.55. The van der Waals surface area contributed by atoms with Crippen LogP contribution in [0.4, 0.5) is 0 Å². The second-order valence-corrected chi connectivity index (χ2v) is 6.78. The number of hydrogen-bond donors (Lipinski definition) is 1. The summed E-state index contributed by atoms with van der Waals surface area (Å²) in [4.78, 5) is 31.0. The third-order valence-corrected chi connectivity index (χ3v) is 5.03. The van der Waals surface area contributed by atoms with Gasteiger partial charge in [-0.05, 0) is 29.8 Å². The lowest BCUT2D eigenvalue weighted by Gasteiger charge is -2.35. The standard InChI is InChI=1S/C20H18N6O3/c27-17(4-3-16-24-20(25-29-16)15-2-1-11-28-15)26-10-7-14-18(23-12-22-14)19(26)13-5-8-21-9-6-13/h1-2,5-6,8-9,11-12,19H,3-4,7,10H2,(H,22,23). The van der Waals surface area contributed by atoms with Crippen molar-refractivity contribution in [3.05, 3.63) is 72.1 Å². The van der Waals surface area contributed by atoms with Crippen LogP contribution >= 0.6 is 0 Å². The molecule has 4 aromatic rings. The fraction of sp³-hybridized carbons (Fsp3) is 0.250. The molecule has 1 unspecified atom stereocenters. The average molecular weight is 390 g/mol. The lowest BCUT2D eigenvalue weighted by molar-refractivity contribution is -0.133. The number of rotatable bonds is 5. The Morgan fingerprint density at radius 1 is 1.28 bits per heavy atom. The van der Waals surface area contributed by atoms with E-state index in [0.29, 0.717) is 30.4 Å². The van der Waals surface area contributed by atoms with Crippen LogP contribution in [0, 0.1) is 0 Å². The molecular formula is C20H18N6O3. The van der Waals surface area contributed by atoms with Gasteiger partial charge in [-0.25, -0.2) is 4.98 Å². The van der Waals surface area contributed by atoms with Crippen LogP contribution in [-0.2, 0) is 17.6 Å². The van der Waals surface area contributed by atoms with Crippen molar-refractivity contribution >= 4 is 5.91 Å². The van der Waals surface area contributed by atoms with Gasteiger partial charge in [0.15, 0.2) is 5.76 Å². The molecule has 5 heterocycles. The van der Waals surface area contributed by atoms with Crippen molar-refractivity contribution in [2.24, 2.45) is 0 Å². The molecule has 1 amide bonds. The summed E-state index contributed by atoms with van der Waals surface area (Å²) in [6.07, 6.45) is 8.06. The number of nitrogens with one attached hydrogen (secondary N) is 1. The molecule has 0 saturated carbocycles. The molecule has 1 aliphatic heterocycles. The Balaban J connectivity index is 1.33. The zero-order valence-electron chi connectivity index (χ0n) is 15.5. The SMILES string of the molecule is O=C(CCc1nc(-c2ccco2)no1)N1CCc2[nH]cnc2C1c1ccncc1. The van der Waals surface area contributed by atoms with Gasteiger partial charge in [0.05, 0.1) is 18.3 Å². The minimum absolute atomic E-state index is 0.0122. The molecule has 0 fully saturated rings. The number of pyridine rings is 1. The molecule has 9 heteroatoms. The summed E-state index contributed by atoms with van der Waals surface area (Å²) in [5.41, 5.74) is 2.93. The largest absolute Gasteiger partial charge is 0.461 e. The second kappa shape index (κ2) is 7.34. The van der Waals surface area contributed by atoms with Gasteiger partial charge in [0.1, 0.15) is 6.04 Å². The van der Waals surface area contributed by atoms with Crippen molar-refractivity contribution in [3.63, 3.8) is 0 Å². The zero-order valence-corrected chi connectivity index (χ0v) is 15.5. The predicted molar refractivity (Wildman–Crippen MR) is 100 cm³/mol. The van der Waals surface area contributed by atoms with Crippen LogP contribution < -0.4 is 0 Å². The molecule has 0 aromatic carbocycles. The van der Waals surface area contributed by atoms with E-state index in [1.165, 1.54) is 0 Å². The first-order valence-electron chi connectivity index (χ1n) is 9.37. The highest BCUT2D eigenvalue weighted by Crippen LogP contribution is 2.33. The highest BCUT2D eigenvalue weighted by Gasteiger charge is 2.33. The van der Waals surface area contributed by atoms with E-state index in [1.807, 2.05) is 17.0 Å². The number of furan rings is 1. The highest BCUT2D eigenvalue weighted by molar-refractivity contribution is 5.77. The number of carbonyl (C=O) groups is 1. The van der Waals surface area contributed by atoms with Crippen molar-refractivity contribution in [2.45, 2.75) is 25.3 Å². The normalized spacial score (nSPS) is 16.0. The summed E-state index contributed by atoms with van der Waals surface area (Å²) >= 11 is 0. The number of aromatic amines is 1. The summed E-state index contributed by atoms with van der Waals surface area (Å²) < 4.78 is 10.5. The van der Waals surface area contributed by atoms with Crippen LogP contribution in [0.5, 0.6) is 0 Å². The average Bonchev–Trinajstić information content (AvgIpc) is 3.52. The van der Waals surface area contributed by atoms with Gasteiger partial charge in [-0.15, -0.1) is 0 Å². The number of nitrogens with zero attached hydrogens (tertiary/aromatic N) is 5. The van der Waals surface area contributed by atoms with Crippen LogP contribution in [0.2, 0.25) is 0 Å². The van der Waals surface area contributed by atoms with Gasteiger partial charge in [-0.2, -0.15) is 4.98 Å². The Morgan fingerprint density at radius 2 is 2.17 bits per heavy atom. The number of amides is 1. The summed E-state index contributed by atoms with van der Waals surface area (Å²) in [5.74, 6) is 1.33. The number of aromatic nitrogens is 5. The van der Waals surface area contributed by atoms with E-state index in [-0.39, 0.29) is 18.4 Å². The minimum atomic E-state index is -0.234. The monoisotopic (exact) mass is 390 g/mol. The van der Waals surface area contributed by atoms with Crippen LogP contribution in [-0.4, -0.2) is 42.4 Å². The molecule has 0 aliphatic carbocycles. The maximum absolute atomic E-state index is 13.1. The second-order valence-electron chi connectivity index (χ2n) is 6.78. The first-order valence-corrected chi connectivity index (χ1v) is 9.37. The van der Waals surface area contributed by atoms with Crippen LogP contribution in [0.25, 0.3) is 11.6 Å². The van der Waals surface area contributed by atoms with Crippen molar-refractivity contribution < 1.29 is 13.7 Å². The Hall–Kier alpha value is -3.75. The fourth-order valence-corrected chi connectivity index (χ4v) is 3.65. The molecule has 0 spiro atoms. The molecule has 1 atom stereocenters. The highest BCUT2D eigenvalue weighted by atomic mass is 16.5. The molecule has 9 nitrogen and oxygen atoms in total. The van der Waals surface area contributed by atoms with E-state index in [4.69, 9.17) is 8.94 Å². The first-order chi connectivity index (χ1) is 14.3. The molecule has 0 saturated heterocycles. The summed E-state index contributed by atoms with van der Waals surface area (Å²) in [5, 5.41) is 3.91. The molecule has 0 radical (unpaired) electrons. The van der Waals surface area contributed by atoms with E-state index in [1.54, 1.807) is 37.1 Å². The fourth-order valence-electron chi connectivity index (χ4n) is 3.65. The van der Waals surface area contributed by atoms with Gasteiger partial charge >= 0.3 is 0 Å². The Bertz CT molecular complexity index is 1100. The third-order valence-electron chi connectivity index (χ3n) is 5.03. The Morgan fingerprint density at radius 3 is 3.00 bits per heavy atom. The summed E-state index contributed by atoms with van der Waals surface area (Å²) in [7, 11) is 0. The van der Waals surface area contributed by atoms with Crippen molar-refractivity contribution in [2.75, 3.05) is 6.54 Å². The lowest BCUT2D eigenvalue weighted by atomic mass is 9.96. The van der Waals surface area contributed by atoms with Gasteiger partial charge in [-0.3, -0.25) is 9.78 Å². The smallest absolute Gasteiger partial charge is 0.238 e. The number of imidazole rings is 1.